The average molecular weight is 460 g/mol. The number of rotatable bonds is 8. The van der Waals surface area contributed by atoms with Crippen molar-refractivity contribution in [1.82, 2.24) is 25.0 Å². The maximum Gasteiger partial charge on any atom is 0.224 e. The van der Waals surface area contributed by atoms with Crippen LogP contribution in [0.25, 0.3) is 22.4 Å². The standard InChI is InChI=1S/C25H29N7O2/c1-16-28-25(31-34-16)17-4-7-19(8-5-17)27-11-10-23-29-21-9-6-18(14-22(21)30-23)20(26)15-24(33)32-12-2-3-13-32/h4-9,14,20,27H,2-3,10-13,15,26H2,1H3,(H,29,30). The van der Waals surface area contributed by atoms with Crippen molar-refractivity contribution in [2.24, 2.45) is 5.73 Å². The number of carbonyl (C=O) groups is 1. The Bertz CT molecular complexity index is 1270. The summed E-state index contributed by atoms with van der Waals surface area (Å²) >= 11 is 0. The third-order valence-corrected chi connectivity index (χ3v) is 6.20. The summed E-state index contributed by atoms with van der Waals surface area (Å²) in [5.41, 5.74) is 11.0. The Morgan fingerprint density at radius 1 is 1.18 bits per heavy atom. The Balaban J connectivity index is 1.16. The van der Waals surface area contributed by atoms with Crippen molar-refractivity contribution in [1.29, 1.82) is 0 Å². The van der Waals surface area contributed by atoms with E-state index in [4.69, 9.17) is 15.2 Å². The molecule has 0 aliphatic carbocycles. The minimum atomic E-state index is -0.321. The van der Waals surface area contributed by atoms with Crippen molar-refractivity contribution in [3.63, 3.8) is 0 Å². The van der Waals surface area contributed by atoms with Crippen LogP contribution < -0.4 is 11.1 Å². The number of amides is 1. The van der Waals surface area contributed by atoms with E-state index < -0.39 is 0 Å². The molecule has 4 N–H and O–H groups in total. The largest absolute Gasteiger partial charge is 0.385 e. The molecule has 2 aromatic carbocycles. The van der Waals surface area contributed by atoms with Gasteiger partial charge in [-0.2, -0.15) is 4.98 Å². The van der Waals surface area contributed by atoms with Crippen LogP contribution in [0, 0.1) is 6.92 Å². The van der Waals surface area contributed by atoms with Crippen molar-refractivity contribution in [2.75, 3.05) is 25.0 Å². The number of fused-ring (bicyclic) bond motifs is 1. The zero-order chi connectivity index (χ0) is 23.5. The maximum atomic E-state index is 12.4. The van der Waals surface area contributed by atoms with Gasteiger partial charge in [0.05, 0.1) is 11.0 Å². The summed E-state index contributed by atoms with van der Waals surface area (Å²) in [6, 6.07) is 13.6. The van der Waals surface area contributed by atoms with Gasteiger partial charge in [0.15, 0.2) is 0 Å². The first-order chi connectivity index (χ1) is 16.5. The van der Waals surface area contributed by atoms with Crippen LogP contribution in [-0.4, -0.2) is 50.5 Å². The van der Waals surface area contributed by atoms with Crippen molar-refractivity contribution in [3.05, 3.63) is 59.7 Å². The summed E-state index contributed by atoms with van der Waals surface area (Å²) in [6.45, 7) is 4.21. The van der Waals surface area contributed by atoms with E-state index in [1.807, 2.05) is 47.4 Å². The molecule has 1 aliphatic rings. The van der Waals surface area contributed by atoms with Crippen LogP contribution in [0.4, 0.5) is 5.69 Å². The molecule has 3 heterocycles. The van der Waals surface area contributed by atoms with E-state index in [1.54, 1.807) is 6.92 Å². The molecule has 34 heavy (non-hydrogen) atoms. The van der Waals surface area contributed by atoms with Crippen molar-refractivity contribution >= 4 is 22.6 Å². The Morgan fingerprint density at radius 3 is 2.71 bits per heavy atom. The summed E-state index contributed by atoms with van der Waals surface area (Å²) in [5, 5.41) is 7.35. The molecule has 4 aromatic rings. The van der Waals surface area contributed by atoms with Gasteiger partial charge in [-0.1, -0.05) is 11.2 Å². The lowest BCUT2D eigenvalue weighted by Gasteiger charge is -2.18. The lowest BCUT2D eigenvalue weighted by atomic mass is 10.0. The first-order valence-electron chi connectivity index (χ1n) is 11.7. The quantitative estimate of drug-likeness (QED) is 0.368. The number of benzene rings is 2. The van der Waals surface area contributed by atoms with Gasteiger partial charge < -0.3 is 25.5 Å². The lowest BCUT2D eigenvalue weighted by Crippen LogP contribution is -2.30. The number of nitrogens with zero attached hydrogens (tertiary/aromatic N) is 4. The number of likely N-dealkylation sites (tertiary alicyclic amines) is 1. The minimum absolute atomic E-state index is 0.138. The topological polar surface area (TPSA) is 126 Å². The predicted molar refractivity (Wildman–Crippen MR) is 130 cm³/mol. The van der Waals surface area contributed by atoms with Crippen molar-refractivity contribution < 1.29 is 9.32 Å². The molecule has 9 nitrogen and oxygen atoms in total. The third kappa shape index (κ3) is 4.94. The number of H-pyrrole nitrogens is 1. The van der Waals surface area contributed by atoms with E-state index in [0.29, 0.717) is 18.1 Å². The van der Waals surface area contributed by atoms with Crippen LogP contribution >= 0.6 is 0 Å². The normalized spacial score (nSPS) is 14.6. The Kier molecular flexibility index (Phi) is 6.27. The monoisotopic (exact) mass is 459 g/mol. The number of aryl methyl sites for hydroxylation is 1. The minimum Gasteiger partial charge on any atom is -0.385 e. The van der Waals surface area contributed by atoms with Crippen LogP contribution in [0.3, 0.4) is 0 Å². The summed E-state index contributed by atoms with van der Waals surface area (Å²) in [6.07, 6.45) is 3.25. The van der Waals surface area contributed by atoms with E-state index in [1.165, 1.54) is 0 Å². The zero-order valence-electron chi connectivity index (χ0n) is 19.3. The van der Waals surface area contributed by atoms with Crippen LogP contribution in [0.5, 0.6) is 0 Å². The Labute approximate surface area is 197 Å². The number of carbonyl (C=O) groups excluding carboxylic acids is 1. The second-order valence-corrected chi connectivity index (χ2v) is 8.75. The number of aromatic nitrogens is 4. The molecule has 0 saturated carbocycles. The first kappa shape index (κ1) is 22.1. The SMILES string of the molecule is Cc1nc(-c2ccc(NCCc3nc4cc(C(N)CC(=O)N5CCCC5)ccc4[nH]3)cc2)no1. The molecule has 0 radical (unpaired) electrons. The highest BCUT2D eigenvalue weighted by Crippen LogP contribution is 2.22. The highest BCUT2D eigenvalue weighted by atomic mass is 16.5. The van der Waals surface area contributed by atoms with E-state index in [0.717, 1.165) is 72.6 Å². The maximum absolute atomic E-state index is 12.4. The van der Waals surface area contributed by atoms with Gasteiger partial charge in [0, 0.05) is 56.7 Å². The van der Waals surface area contributed by atoms with Crippen LogP contribution in [-0.2, 0) is 11.2 Å². The second-order valence-electron chi connectivity index (χ2n) is 8.75. The summed E-state index contributed by atoms with van der Waals surface area (Å²) in [4.78, 5) is 26.7. The predicted octanol–water partition coefficient (Wildman–Crippen LogP) is 3.59. The van der Waals surface area contributed by atoms with Gasteiger partial charge in [0.2, 0.25) is 17.6 Å². The van der Waals surface area contributed by atoms with Crippen LogP contribution in [0.2, 0.25) is 0 Å². The van der Waals surface area contributed by atoms with Gasteiger partial charge in [-0.25, -0.2) is 4.98 Å². The fourth-order valence-electron chi connectivity index (χ4n) is 4.31. The smallest absolute Gasteiger partial charge is 0.224 e. The Morgan fingerprint density at radius 2 is 1.97 bits per heavy atom. The fourth-order valence-corrected chi connectivity index (χ4v) is 4.31. The van der Waals surface area contributed by atoms with Gasteiger partial charge in [-0.05, 0) is 54.8 Å². The second kappa shape index (κ2) is 9.64. The first-order valence-corrected chi connectivity index (χ1v) is 11.7. The molecule has 1 aliphatic heterocycles. The molecule has 1 amide bonds. The van der Waals surface area contributed by atoms with Gasteiger partial charge >= 0.3 is 0 Å². The molecule has 5 rings (SSSR count). The summed E-state index contributed by atoms with van der Waals surface area (Å²) in [5.74, 6) is 2.18. The van der Waals surface area contributed by atoms with E-state index in [-0.39, 0.29) is 11.9 Å². The summed E-state index contributed by atoms with van der Waals surface area (Å²) < 4.78 is 5.04. The van der Waals surface area contributed by atoms with E-state index in [2.05, 4.69) is 20.4 Å². The van der Waals surface area contributed by atoms with Gasteiger partial charge in [-0.3, -0.25) is 4.79 Å². The third-order valence-electron chi connectivity index (χ3n) is 6.20. The molecule has 1 atom stereocenters. The number of aromatic amines is 1. The van der Waals surface area contributed by atoms with Crippen molar-refractivity contribution in [2.45, 2.75) is 38.6 Å². The molecule has 2 aromatic heterocycles. The number of nitrogens with two attached hydrogens (primary N) is 1. The highest BCUT2D eigenvalue weighted by molar-refractivity contribution is 5.79. The zero-order valence-corrected chi connectivity index (χ0v) is 19.3. The molecular formula is C25H29N7O2. The van der Waals surface area contributed by atoms with E-state index in [9.17, 15) is 4.79 Å². The lowest BCUT2D eigenvalue weighted by molar-refractivity contribution is -0.130. The number of hydrogen-bond acceptors (Lipinski definition) is 7. The molecule has 1 saturated heterocycles. The fraction of sp³-hybridized carbons (Fsp3) is 0.360. The van der Waals surface area contributed by atoms with Crippen LogP contribution in [0.1, 0.15) is 42.6 Å². The average Bonchev–Trinajstić information content (AvgIpc) is 3.60. The Hall–Kier alpha value is -3.72. The number of imidazole rings is 1. The molecule has 9 heteroatoms. The molecule has 1 unspecified atom stereocenters. The summed E-state index contributed by atoms with van der Waals surface area (Å²) in [7, 11) is 0. The molecule has 0 bridgehead atoms. The molecular weight excluding hydrogens is 430 g/mol. The molecule has 1 fully saturated rings. The van der Waals surface area contributed by atoms with E-state index >= 15 is 0 Å². The molecule has 176 valence electrons. The van der Waals surface area contributed by atoms with Gasteiger partial charge in [0.1, 0.15) is 5.82 Å². The number of nitrogens with one attached hydrogen (secondary N) is 2. The van der Waals surface area contributed by atoms with Crippen molar-refractivity contribution in [3.8, 4) is 11.4 Å². The molecule has 0 spiro atoms. The van der Waals surface area contributed by atoms with Gasteiger partial charge in [-0.15, -0.1) is 0 Å². The highest BCUT2D eigenvalue weighted by Gasteiger charge is 2.21. The number of hydrogen-bond donors (Lipinski definition) is 3. The number of anilines is 1. The van der Waals surface area contributed by atoms with Crippen LogP contribution in [0.15, 0.2) is 47.0 Å². The van der Waals surface area contributed by atoms with Gasteiger partial charge in [0.25, 0.3) is 0 Å².